The lowest BCUT2D eigenvalue weighted by Gasteiger charge is -2.06. The Balaban J connectivity index is 1.55. The van der Waals surface area contributed by atoms with Gasteiger partial charge in [0.1, 0.15) is 5.82 Å². The van der Waals surface area contributed by atoms with Gasteiger partial charge in [0.25, 0.3) is 0 Å². The molecule has 0 spiro atoms. The highest BCUT2D eigenvalue weighted by atomic mass is 19.1. The number of carbonyl (C=O) groups excluding carboxylic acids is 1. The summed E-state index contributed by atoms with van der Waals surface area (Å²) in [5.41, 5.74) is 3.47. The van der Waals surface area contributed by atoms with Crippen molar-refractivity contribution >= 4 is 11.6 Å². The van der Waals surface area contributed by atoms with Crippen molar-refractivity contribution < 1.29 is 9.18 Å². The zero-order chi connectivity index (χ0) is 16.1. The number of amides is 1. The molecule has 116 valence electrons. The van der Waals surface area contributed by atoms with Crippen molar-refractivity contribution in [2.24, 2.45) is 0 Å². The average Bonchev–Trinajstić information content (AvgIpc) is 3.08. The Kier molecular flexibility index (Phi) is 4.47. The number of aryl methyl sites for hydroxylation is 1. The van der Waals surface area contributed by atoms with Gasteiger partial charge >= 0.3 is 0 Å². The van der Waals surface area contributed by atoms with Crippen LogP contribution in [-0.4, -0.2) is 15.9 Å². The number of imidazole rings is 1. The van der Waals surface area contributed by atoms with Crippen molar-refractivity contribution in [3.63, 3.8) is 0 Å². The molecule has 1 aromatic heterocycles. The van der Waals surface area contributed by atoms with Crippen molar-refractivity contribution in [2.75, 3.05) is 5.32 Å². The van der Waals surface area contributed by atoms with Gasteiger partial charge in [0, 0.05) is 12.1 Å². The zero-order valence-electron chi connectivity index (χ0n) is 12.4. The normalized spacial score (nSPS) is 10.5. The highest BCUT2D eigenvalue weighted by Crippen LogP contribution is 2.19. The SMILES string of the molecule is O=C(CCc1cccc(F)c1)Nc1ccc(-c2cnc[nH]2)cc1. The minimum atomic E-state index is -0.280. The summed E-state index contributed by atoms with van der Waals surface area (Å²) >= 11 is 0. The molecule has 0 saturated heterocycles. The Morgan fingerprint density at radius 1 is 1.17 bits per heavy atom. The maximum Gasteiger partial charge on any atom is 0.224 e. The second-order valence-corrected chi connectivity index (χ2v) is 5.22. The summed E-state index contributed by atoms with van der Waals surface area (Å²) < 4.78 is 13.1. The number of hydrogen-bond acceptors (Lipinski definition) is 2. The molecule has 0 radical (unpaired) electrons. The molecule has 0 aliphatic carbocycles. The first kappa shape index (κ1) is 15.0. The number of anilines is 1. The van der Waals surface area contributed by atoms with Crippen LogP contribution in [0.2, 0.25) is 0 Å². The number of benzene rings is 2. The second-order valence-electron chi connectivity index (χ2n) is 5.22. The maximum atomic E-state index is 13.1. The van der Waals surface area contributed by atoms with E-state index >= 15 is 0 Å². The van der Waals surface area contributed by atoms with E-state index < -0.39 is 0 Å². The topological polar surface area (TPSA) is 57.8 Å². The number of halogens is 1. The van der Waals surface area contributed by atoms with E-state index in [0.717, 1.165) is 22.5 Å². The number of aromatic nitrogens is 2. The molecule has 2 aromatic carbocycles. The van der Waals surface area contributed by atoms with Crippen molar-refractivity contribution in [3.05, 3.63) is 72.4 Å². The molecule has 2 N–H and O–H groups in total. The summed E-state index contributed by atoms with van der Waals surface area (Å²) in [5, 5.41) is 2.84. The van der Waals surface area contributed by atoms with Crippen LogP contribution in [0.1, 0.15) is 12.0 Å². The van der Waals surface area contributed by atoms with E-state index in [1.54, 1.807) is 18.6 Å². The Morgan fingerprint density at radius 2 is 2.00 bits per heavy atom. The van der Waals surface area contributed by atoms with E-state index in [4.69, 9.17) is 0 Å². The van der Waals surface area contributed by atoms with Gasteiger partial charge in [0.15, 0.2) is 0 Å². The lowest BCUT2D eigenvalue weighted by atomic mass is 10.1. The minimum Gasteiger partial charge on any atom is -0.345 e. The van der Waals surface area contributed by atoms with Crippen molar-refractivity contribution in [2.45, 2.75) is 12.8 Å². The van der Waals surface area contributed by atoms with Gasteiger partial charge < -0.3 is 10.3 Å². The summed E-state index contributed by atoms with van der Waals surface area (Å²) in [6, 6.07) is 13.8. The Morgan fingerprint density at radius 3 is 2.70 bits per heavy atom. The molecule has 0 fully saturated rings. The van der Waals surface area contributed by atoms with E-state index in [0.29, 0.717) is 12.8 Å². The molecule has 3 aromatic rings. The molecule has 23 heavy (non-hydrogen) atoms. The van der Waals surface area contributed by atoms with Crippen LogP contribution >= 0.6 is 0 Å². The number of nitrogens with one attached hydrogen (secondary N) is 2. The highest BCUT2D eigenvalue weighted by Gasteiger charge is 2.05. The molecule has 1 heterocycles. The maximum absolute atomic E-state index is 13.1. The number of rotatable bonds is 5. The van der Waals surface area contributed by atoms with Crippen LogP contribution in [0.5, 0.6) is 0 Å². The fourth-order valence-corrected chi connectivity index (χ4v) is 2.32. The highest BCUT2D eigenvalue weighted by molar-refractivity contribution is 5.91. The molecule has 0 bridgehead atoms. The van der Waals surface area contributed by atoms with Gasteiger partial charge in [-0.05, 0) is 41.8 Å². The molecular formula is C18H16FN3O. The van der Waals surface area contributed by atoms with Crippen LogP contribution in [0.25, 0.3) is 11.3 Å². The summed E-state index contributed by atoms with van der Waals surface area (Å²) in [7, 11) is 0. The van der Waals surface area contributed by atoms with E-state index in [2.05, 4.69) is 15.3 Å². The third-order valence-corrected chi connectivity index (χ3v) is 3.51. The minimum absolute atomic E-state index is 0.0939. The Bertz CT molecular complexity index is 782. The number of H-pyrrole nitrogens is 1. The third-order valence-electron chi connectivity index (χ3n) is 3.51. The van der Waals surface area contributed by atoms with Crippen molar-refractivity contribution in [1.82, 2.24) is 9.97 Å². The smallest absolute Gasteiger partial charge is 0.224 e. The molecule has 0 aliphatic heterocycles. The predicted molar refractivity (Wildman–Crippen MR) is 87.4 cm³/mol. The lowest BCUT2D eigenvalue weighted by molar-refractivity contribution is -0.116. The van der Waals surface area contributed by atoms with Crippen LogP contribution in [-0.2, 0) is 11.2 Å². The van der Waals surface area contributed by atoms with Gasteiger partial charge in [-0.2, -0.15) is 0 Å². The second kappa shape index (κ2) is 6.87. The van der Waals surface area contributed by atoms with Gasteiger partial charge in [0.2, 0.25) is 5.91 Å². The fraction of sp³-hybridized carbons (Fsp3) is 0.111. The van der Waals surface area contributed by atoms with Crippen molar-refractivity contribution in [1.29, 1.82) is 0 Å². The van der Waals surface area contributed by atoms with Gasteiger partial charge in [-0.3, -0.25) is 4.79 Å². The van der Waals surface area contributed by atoms with Gasteiger partial charge in [0.05, 0.1) is 18.2 Å². The molecule has 4 nitrogen and oxygen atoms in total. The van der Waals surface area contributed by atoms with E-state index in [1.165, 1.54) is 12.1 Å². The lowest BCUT2D eigenvalue weighted by Crippen LogP contribution is -2.12. The van der Waals surface area contributed by atoms with Crippen LogP contribution in [0.15, 0.2) is 61.1 Å². The fourth-order valence-electron chi connectivity index (χ4n) is 2.32. The number of aromatic amines is 1. The van der Waals surface area contributed by atoms with Gasteiger partial charge in [-0.15, -0.1) is 0 Å². The van der Waals surface area contributed by atoms with Gasteiger partial charge in [-0.25, -0.2) is 9.37 Å². The number of nitrogens with zero attached hydrogens (tertiary/aromatic N) is 1. The summed E-state index contributed by atoms with van der Waals surface area (Å²) in [5.74, 6) is -0.374. The standard InChI is InChI=1S/C18H16FN3O/c19-15-3-1-2-13(10-15)4-9-18(23)22-16-7-5-14(6-8-16)17-11-20-12-21-17/h1-3,5-8,10-12H,4,9H2,(H,20,21)(H,22,23). The van der Waals surface area contributed by atoms with Gasteiger partial charge in [-0.1, -0.05) is 24.3 Å². The van der Waals surface area contributed by atoms with Crippen LogP contribution in [0.4, 0.5) is 10.1 Å². The first-order valence-electron chi connectivity index (χ1n) is 7.34. The van der Waals surface area contributed by atoms with E-state index in [-0.39, 0.29) is 11.7 Å². The predicted octanol–water partition coefficient (Wildman–Crippen LogP) is 3.79. The molecule has 0 unspecified atom stereocenters. The van der Waals surface area contributed by atoms with Crippen LogP contribution in [0.3, 0.4) is 0 Å². The van der Waals surface area contributed by atoms with Crippen molar-refractivity contribution in [3.8, 4) is 11.3 Å². The van der Waals surface area contributed by atoms with E-state index in [1.807, 2.05) is 30.3 Å². The van der Waals surface area contributed by atoms with Crippen LogP contribution in [0, 0.1) is 5.82 Å². The molecule has 5 heteroatoms. The first-order chi connectivity index (χ1) is 11.2. The zero-order valence-corrected chi connectivity index (χ0v) is 12.4. The summed E-state index contributed by atoms with van der Waals surface area (Å²) in [6.07, 6.45) is 4.19. The van der Waals surface area contributed by atoms with E-state index in [9.17, 15) is 9.18 Å². The quantitative estimate of drug-likeness (QED) is 0.753. The molecule has 0 aliphatic rings. The number of carbonyl (C=O) groups is 1. The monoisotopic (exact) mass is 309 g/mol. The third kappa shape index (κ3) is 4.03. The first-order valence-corrected chi connectivity index (χ1v) is 7.34. The number of hydrogen-bond donors (Lipinski definition) is 2. The Hall–Kier alpha value is -2.95. The summed E-state index contributed by atoms with van der Waals surface area (Å²) in [6.45, 7) is 0. The largest absolute Gasteiger partial charge is 0.345 e. The molecule has 0 atom stereocenters. The Labute approximate surface area is 133 Å². The molecule has 0 saturated carbocycles. The van der Waals surface area contributed by atoms with Crippen LogP contribution < -0.4 is 5.32 Å². The molecule has 3 rings (SSSR count). The molecular weight excluding hydrogens is 293 g/mol. The average molecular weight is 309 g/mol. The molecule has 1 amide bonds. The summed E-state index contributed by atoms with van der Waals surface area (Å²) in [4.78, 5) is 19.0.